The summed E-state index contributed by atoms with van der Waals surface area (Å²) in [7, 11) is 0. The van der Waals surface area contributed by atoms with E-state index in [1.807, 2.05) is 11.0 Å². The molecule has 1 saturated carbocycles. The van der Waals surface area contributed by atoms with Crippen LogP contribution in [0.25, 0.3) is 10.9 Å². The predicted molar refractivity (Wildman–Crippen MR) is 98.7 cm³/mol. The van der Waals surface area contributed by atoms with Gasteiger partial charge in [0.05, 0.1) is 10.9 Å². The lowest BCUT2D eigenvalue weighted by molar-refractivity contribution is 0.0695. The lowest BCUT2D eigenvalue weighted by Gasteiger charge is -2.32. The van der Waals surface area contributed by atoms with Gasteiger partial charge >= 0.3 is 0 Å². The van der Waals surface area contributed by atoms with Crippen LogP contribution in [-0.2, 0) is 0 Å². The molecular weight excluding hydrogens is 344 g/mol. The third kappa shape index (κ3) is 3.03. The molecule has 0 spiro atoms. The number of H-pyrrole nitrogens is 1. The standard InChI is InChI=1S/C20H20N4O3/c25-19-14-4-1-7-21-16(14)9-15(22-19)13-3-2-8-24(11-13)20(26)17-10-18(27-23-17)12-5-6-12/h1,4,7,9-10,12-13H,2-3,5-6,8,11H2,(H,22,25). The molecule has 1 amide bonds. The zero-order valence-corrected chi connectivity index (χ0v) is 14.9. The number of carbonyl (C=O) groups excluding carboxylic acids is 1. The normalized spacial score (nSPS) is 20.1. The van der Waals surface area contributed by atoms with Crippen LogP contribution in [0.15, 0.2) is 39.8 Å². The third-order valence-electron chi connectivity index (χ3n) is 5.51. The summed E-state index contributed by atoms with van der Waals surface area (Å²) in [5, 5.41) is 4.55. The zero-order chi connectivity index (χ0) is 18.4. The van der Waals surface area contributed by atoms with Gasteiger partial charge < -0.3 is 14.4 Å². The number of nitrogens with zero attached hydrogens (tertiary/aromatic N) is 3. The number of hydrogen-bond donors (Lipinski definition) is 1. The van der Waals surface area contributed by atoms with Gasteiger partial charge in [0, 0.05) is 42.9 Å². The highest BCUT2D eigenvalue weighted by atomic mass is 16.5. The van der Waals surface area contributed by atoms with Crippen molar-refractivity contribution in [3.05, 3.63) is 58.0 Å². The number of aromatic nitrogens is 3. The van der Waals surface area contributed by atoms with Gasteiger partial charge in [-0.05, 0) is 43.9 Å². The Kier molecular flexibility index (Phi) is 3.81. The van der Waals surface area contributed by atoms with Crippen LogP contribution in [-0.4, -0.2) is 39.0 Å². The number of aromatic amines is 1. The molecule has 3 aromatic rings. The van der Waals surface area contributed by atoms with Crippen molar-refractivity contribution < 1.29 is 9.32 Å². The molecule has 1 unspecified atom stereocenters. The second-order valence-corrected chi connectivity index (χ2v) is 7.47. The van der Waals surface area contributed by atoms with Crippen LogP contribution in [0, 0.1) is 0 Å². The Balaban J connectivity index is 1.38. The minimum absolute atomic E-state index is 0.0802. The Morgan fingerprint density at radius 3 is 2.96 bits per heavy atom. The molecule has 0 aromatic carbocycles. The van der Waals surface area contributed by atoms with Crippen molar-refractivity contribution in [1.29, 1.82) is 0 Å². The highest BCUT2D eigenvalue weighted by Crippen LogP contribution is 2.40. The molecule has 7 nitrogen and oxygen atoms in total. The summed E-state index contributed by atoms with van der Waals surface area (Å²) in [6.07, 6.45) is 5.70. The van der Waals surface area contributed by atoms with Gasteiger partial charge in [-0.1, -0.05) is 5.16 Å². The highest BCUT2D eigenvalue weighted by molar-refractivity contribution is 5.92. The largest absolute Gasteiger partial charge is 0.360 e. The first-order valence-electron chi connectivity index (χ1n) is 9.43. The van der Waals surface area contributed by atoms with E-state index in [0.29, 0.717) is 35.6 Å². The number of likely N-dealkylation sites (tertiary alicyclic amines) is 1. The van der Waals surface area contributed by atoms with Crippen LogP contribution >= 0.6 is 0 Å². The van der Waals surface area contributed by atoms with Crippen LogP contribution in [0.2, 0.25) is 0 Å². The number of carbonyl (C=O) groups is 1. The molecule has 0 radical (unpaired) electrons. The van der Waals surface area contributed by atoms with Gasteiger partial charge in [0.15, 0.2) is 5.69 Å². The van der Waals surface area contributed by atoms with E-state index in [9.17, 15) is 9.59 Å². The summed E-state index contributed by atoms with van der Waals surface area (Å²) < 4.78 is 5.32. The summed E-state index contributed by atoms with van der Waals surface area (Å²) >= 11 is 0. The highest BCUT2D eigenvalue weighted by Gasteiger charge is 2.31. The van der Waals surface area contributed by atoms with Crippen LogP contribution in [0.5, 0.6) is 0 Å². The Hall–Kier alpha value is -2.96. The second-order valence-electron chi connectivity index (χ2n) is 7.47. The molecule has 2 fully saturated rings. The summed E-state index contributed by atoms with van der Waals surface area (Å²) in [6, 6.07) is 7.23. The van der Waals surface area contributed by atoms with E-state index < -0.39 is 0 Å². The molecule has 7 heteroatoms. The van der Waals surface area contributed by atoms with E-state index in [2.05, 4.69) is 15.1 Å². The van der Waals surface area contributed by atoms with Crippen LogP contribution < -0.4 is 5.56 Å². The van der Waals surface area contributed by atoms with Crippen molar-refractivity contribution in [3.8, 4) is 0 Å². The summed E-state index contributed by atoms with van der Waals surface area (Å²) in [4.78, 5) is 34.3. The molecule has 1 aliphatic carbocycles. The molecule has 1 aliphatic heterocycles. The first-order valence-corrected chi connectivity index (χ1v) is 9.43. The molecule has 2 aliphatic rings. The average Bonchev–Trinajstić information content (AvgIpc) is 3.44. The molecule has 1 atom stereocenters. The lowest BCUT2D eigenvalue weighted by Crippen LogP contribution is -2.39. The van der Waals surface area contributed by atoms with Crippen molar-refractivity contribution in [3.63, 3.8) is 0 Å². The quantitative estimate of drug-likeness (QED) is 0.771. The SMILES string of the molecule is O=C(c1cc(C2CC2)on1)N1CCCC(c2cc3ncccc3c(=O)[nH]2)C1. The van der Waals surface area contributed by atoms with Crippen LogP contribution in [0.1, 0.15) is 59.5 Å². The average molecular weight is 364 g/mol. The lowest BCUT2D eigenvalue weighted by atomic mass is 9.93. The monoisotopic (exact) mass is 364 g/mol. The maximum Gasteiger partial charge on any atom is 0.276 e. The molecule has 27 heavy (non-hydrogen) atoms. The summed E-state index contributed by atoms with van der Waals surface area (Å²) in [5.41, 5.74) is 1.77. The van der Waals surface area contributed by atoms with Gasteiger partial charge in [0.25, 0.3) is 11.5 Å². The fourth-order valence-corrected chi connectivity index (χ4v) is 3.85. The molecular formula is C20H20N4O3. The van der Waals surface area contributed by atoms with E-state index >= 15 is 0 Å². The van der Waals surface area contributed by atoms with Crippen molar-refractivity contribution in [1.82, 2.24) is 20.0 Å². The molecule has 5 rings (SSSR count). The fraction of sp³-hybridized carbons (Fsp3) is 0.400. The molecule has 0 bridgehead atoms. The van der Waals surface area contributed by atoms with Crippen molar-refractivity contribution >= 4 is 16.8 Å². The Bertz CT molecular complexity index is 1070. The fourth-order valence-electron chi connectivity index (χ4n) is 3.85. The second kappa shape index (κ2) is 6.33. The molecule has 1 N–H and O–H groups in total. The Morgan fingerprint density at radius 1 is 1.22 bits per heavy atom. The van der Waals surface area contributed by atoms with Crippen LogP contribution in [0.4, 0.5) is 0 Å². The van der Waals surface area contributed by atoms with Gasteiger partial charge in [-0.15, -0.1) is 0 Å². The molecule has 4 heterocycles. The number of nitrogens with one attached hydrogen (secondary N) is 1. The van der Waals surface area contributed by atoms with E-state index in [4.69, 9.17) is 4.52 Å². The number of rotatable bonds is 3. The number of piperidine rings is 1. The summed E-state index contributed by atoms with van der Waals surface area (Å²) in [6.45, 7) is 1.25. The number of fused-ring (bicyclic) bond motifs is 1. The maximum absolute atomic E-state index is 12.8. The smallest absolute Gasteiger partial charge is 0.276 e. The van der Waals surface area contributed by atoms with Gasteiger partial charge in [-0.3, -0.25) is 14.6 Å². The third-order valence-corrected chi connectivity index (χ3v) is 5.51. The number of amides is 1. The topological polar surface area (TPSA) is 92.1 Å². The summed E-state index contributed by atoms with van der Waals surface area (Å²) in [5.74, 6) is 1.23. The van der Waals surface area contributed by atoms with Crippen molar-refractivity contribution in [2.75, 3.05) is 13.1 Å². The van der Waals surface area contributed by atoms with E-state index in [-0.39, 0.29) is 17.4 Å². The minimum Gasteiger partial charge on any atom is -0.360 e. The van der Waals surface area contributed by atoms with Gasteiger partial charge in [-0.2, -0.15) is 0 Å². The van der Waals surface area contributed by atoms with Crippen molar-refractivity contribution in [2.45, 2.75) is 37.5 Å². The molecule has 1 saturated heterocycles. The first-order chi connectivity index (χ1) is 13.2. The Labute approximate surface area is 155 Å². The molecule has 3 aromatic heterocycles. The number of hydrogen-bond acceptors (Lipinski definition) is 5. The van der Waals surface area contributed by atoms with Crippen LogP contribution in [0.3, 0.4) is 0 Å². The van der Waals surface area contributed by atoms with E-state index in [0.717, 1.165) is 37.1 Å². The van der Waals surface area contributed by atoms with Gasteiger partial charge in [0.2, 0.25) is 0 Å². The van der Waals surface area contributed by atoms with Gasteiger partial charge in [0.1, 0.15) is 5.76 Å². The predicted octanol–water partition coefficient (Wildman–Crippen LogP) is 2.81. The minimum atomic E-state index is -0.135. The van der Waals surface area contributed by atoms with E-state index in [1.54, 1.807) is 24.4 Å². The van der Waals surface area contributed by atoms with Gasteiger partial charge in [-0.25, -0.2) is 0 Å². The first kappa shape index (κ1) is 16.2. The molecule has 138 valence electrons. The number of pyridine rings is 2. The zero-order valence-electron chi connectivity index (χ0n) is 14.9. The maximum atomic E-state index is 12.8. The van der Waals surface area contributed by atoms with Crippen molar-refractivity contribution in [2.24, 2.45) is 0 Å². The van der Waals surface area contributed by atoms with E-state index in [1.165, 1.54) is 0 Å². The Morgan fingerprint density at radius 2 is 2.11 bits per heavy atom.